The van der Waals surface area contributed by atoms with E-state index in [-0.39, 0.29) is 22.5 Å². The van der Waals surface area contributed by atoms with Crippen molar-refractivity contribution in [3.8, 4) is 5.75 Å². The normalized spacial score (nSPS) is 15.7. The number of carbonyl (C=O) groups excluding carboxylic acids is 3. The van der Waals surface area contributed by atoms with Gasteiger partial charge in [0.1, 0.15) is 17.1 Å². The number of ketones is 1. The molecule has 3 rings (SSSR count). The highest BCUT2D eigenvalue weighted by Gasteiger charge is 2.32. The maximum Gasteiger partial charge on any atom is 0.279 e. The SMILES string of the molecule is CC(Oc1ccc(F)cc1)C(=O)NNC(=O)c1cc2c([nH]c1=O)CC(C)(C)CC2=O. The first-order valence-electron chi connectivity index (χ1n) is 9.37. The Morgan fingerprint density at radius 3 is 2.47 bits per heavy atom. The molecule has 1 aromatic heterocycles. The molecule has 8 nitrogen and oxygen atoms in total. The first-order valence-corrected chi connectivity index (χ1v) is 9.37. The molecule has 158 valence electrons. The number of nitrogens with one attached hydrogen (secondary N) is 3. The van der Waals surface area contributed by atoms with Gasteiger partial charge in [0.25, 0.3) is 17.4 Å². The molecule has 0 aliphatic heterocycles. The number of fused-ring (bicyclic) bond motifs is 1. The van der Waals surface area contributed by atoms with Crippen molar-refractivity contribution in [1.29, 1.82) is 0 Å². The highest BCUT2D eigenvalue weighted by Crippen LogP contribution is 2.33. The molecular weight excluding hydrogens is 393 g/mol. The van der Waals surface area contributed by atoms with Crippen LogP contribution >= 0.6 is 0 Å². The molecule has 0 bridgehead atoms. The summed E-state index contributed by atoms with van der Waals surface area (Å²) in [5, 5.41) is 0. The Morgan fingerprint density at radius 1 is 1.13 bits per heavy atom. The molecule has 1 aliphatic rings. The maximum atomic E-state index is 12.9. The fraction of sp³-hybridized carbons (Fsp3) is 0.333. The molecule has 3 N–H and O–H groups in total. The second-order valence-corrected chi connectivity index (χ2v) is 8.00. The van der Waals surface area contributed by atoms with Gasteiger partial charge in [0.05, 0.1) is 0 Å². The number of halogens is 1. The molecule has 9 heteroatoms. The van der Waals surface area contributed by atoms with Crippen molar-refractivity contribution in [2.24, 2.45) is 5.41 Å². The van der Waals surface area contributed by atoms with Gasteiger partial charge in [-0.05, 0) is 49.1 Å². The number of aromatic nitrogens is 1. The minimum atomic E-state index is -0.999. The van der Waals surface area contributed by atoms with Crippen LogP contribution in [0, 0.1) is 11.2 Å². The average molecular weight is 415 g/mol. The van der Waals surface area contributed by atoms with Crippen LogP contribution in [0.5, 0.6) is 5.75 Å². The number of amides is 2. The van der Waals surface area contributed by atoms with Gasteiger partial charge in [-0.2, -0.15) is 0 Å². The zero-order valence-electron chi connectivity index (χ0n) is 16.8. The number of hydrogen-bond acceptors (Lipinski definition) is 5. The smallest absolute Gasteiger partial charge is 0.279 e. The molecule has 0 radical (unpaired) electrons. The Kier molecular flexibility index (Phi) is 5.73. The summed E-state index contributed by atoms with van der Waals surface area (Å²) in [5.41, 5.74) is 3.91. The topological polar surface area (TPSA) is 117 Å². The van der Waals surface area contributed by atoms with E-state index >= 15 is 0 Å². The van der Waals surface area contributed by atoms with Crippen LogP contribution < -0.4 is 21.1 Å². The van der Waals surface area contributed by atoms with Crippen molar-refractivity contribution in [2.45, 2.75) is 39.7 Å². The van der Waals surface area contributed by atoms with E-state index in [1.54, 1.807) is 0 Å². The molecule has 0 spiro atoms. The van der Waals surface area contributed by atoms with Crippen LogP contribution in [0.3, 0.4) is 0 Å². The van der Waals surface area contributed by atoms with Gasteiger partial charge in [0, 0.05) is 17.7 Å². The third-order valence-electron chi connectivity index (χ3n) is 4.76. The predicted molar refractivity (Wildman–Crippen MR) is 106 cm³/mol. The summed E-state index contributed by atoms with van der Waals surface area (Å²) >= 11 is 0. The molecule has 30 heavy (non-hydrogen) atoms. The fourth-order valence-electron chi connectivity index (χ4n) is 3.25. The first-order chi connectivity index (χ1) is 14.1. The van der Waals surface area contributed by atoms with Crippen molar-refractivity contribution < 1.29 is 23.5 Å². The van der Waals surface area contributed by atoms with Crippen molar-refractivity contribution in [3.63, 3.8) is 0 Å². The Bertz CT molecular complexity index is 1060. The fourth-order valence-corrected chi connectivity index (χ4v) is 3.25. The quantitative estimate of drug-likeness (QED) is 0.660. The van der Waals surface area contributed by atoms with Crippen LogP contribution in [-0.4, -0.2) is 28.7 Å². The van der Waals surface area contributed by atoms with E-state index in [2.05, 4.69) is 15.8 Å². The summed E-state index contributed by atoms with van der Waals surface area (Å²) in [6.07, 6.45) is -0.177. The Labute approximate surface area is 171 Å². The number of aromatic amines is 1. The van der Waals surface area contributed by atoms with Crippen LogP contribution in [0.4, 0.5) is 4.39 Å². The Hall–Kier alpha value is -3.49. The van der Waals surface area contributed by atoms with Crippen LogP contribution in [-0.2, 0) is 11.2 Å². The number of carbonyl (C=O) groups is 3. The molecule has 1 unspecified atom stereocenters. The van der Waals surface area contributed by atoms with Crippen molar-refractivity contribution in [2.75, 3.05) is 0 Å². The highest BCUT2D eigenvalue weighted by molar-refractivity contribution is 6.02. The molecule has 1 aliphatic carbocycles. The van der Waals surface area contributed by atoms with E-state index in [0.717, 1.165) is 0 Å². The Morgan fingerprint density at radius 2 is 1.80 bits per heavy atom. The third kappa shape index (κ3) is 4.73. The van der Waals surface area contributed by atoms with Crippen molar-refractivity contribution in [3.05, 3.63) is 63.3 Å². The molecule has 0 fully saturated rings. The average Bonchev–Trinajstić information content (AvgIpc) is 2.66. The number of rotatable bonds is 4. The maximum absolute atomic E-state index is 12.9. The van der Waals surface area contributed by atoms with Gasteiger partial charge in [0.2, 0.25) is 0 Å². The molecule has 1 aromatic carbocycles. The van der Waals surface area contributed by atoms with E-state index < -0.39 is 29.3 Å². The number of Topliss-reactive ketones (excluding diaryl/α,β-unsaturated/α-hetero) is 1. The standard InChI is InChI=1S/C21H22FN3O5/c1-11(30-13-6-4-12(22)5-7-13)18(27)24-25-20(29)15-8-14-16(23-19(15)28)9-21(2,3)10-17(14)26/h4-8,11H,9-10H2,1-3H3,(H,23,28)(H,24,27)(H,25,29). The van der Waals surface area contributed by atoms with E-state index in [0.29, 0.717) is 24.1 Å². The lowest BCUT2D eigenvalue weighted by Gasteiger charge is -2.29. The number of hydrazine groups is 1. The van der Waals surface area contributed by atoms with Gasteiger partial charge in [-0.15, -0.1) is 0 Å². The van der Waals surface area contributed by atoms with E-state index in [4.69, 9.17) is 4.74 Å². The number of hydrogen-bond donors (Lipinski definition) is 3. The summed E-state index contributed by atoms with van der Waals surface area (Å²) in [4.78, 5) is 51.8. The van der Waals surface area contributed by atoms with Gasteiger partial charge in [-0.1, -0.05) is 13.8 Å². The van der Waals surface area contributed by atoms with Crippen LogP contribution in [0.25, 0.3) is 0 Å². The van der Waals surface area contributed by atoms with Gasteiger partial charge in [-0.25, -0.2) is 4.39 Å². The summed E-state index contributed by atoms with van der Waals surface area (Å²) < 4.78 is 18.3. The highest BCUT2D eigenvalue weighted by atomic mass is 19.1. The van der Waals surface area contributed by atoms with Crippen LogP contribution in [0.1, 0.15) is 53.6 Å². The molecule has 0 saturated carbocycles. The zero-order chi connectivity index (χ0) is 22.1. The Balaban J connectivity index is 1.65. The number of benzene rings is 1. The molecule has 1 heterocycles. The van der Waals surface area contributed by atoms with Crippen molar-refractivity contribution in [1.82, 2.24) is 15.8 Å². The van der Waals surface area contributed by atoms with E-state index in [1.165, 1.54) is 37.3 Å². The summed E-state index contributed by atoms with van der Waals surface area (Å²) in [7, 11) is 0. The van der Waals surface area contributed by atoms with Crippen LogP contribution in [0.2, 0.25) is 0 Å². The zero-order valence-corrected chi connectivity index (χ0v) is 16.8. The summed E-state index contributed by atoms with van der Waals surface area (Å²) in [6.45, 7) is 5.30. The molecule has 2 aromatic rings. The number of pyridine rings is 1. The van der Waals surface area contributed by atoms with Gasteiger partial charge >= 0.3 is 0 Å². The molecule has 2 amide bonds. The third-order valence-corrected chi connectivity index (χ3v) is 4.76. The molecular formula is C21H22FN3O5. The summed E-state index contributed by atoms with van der Waals surface area (Å²) in [6, 6.07) is 6.36. The van der Waals surface area contributed by atoms with Gasteiger partial charge in [0.15, 0.2) is 11.9 Å². The lowest BCUT2D eigenvalue weighted by Crippen LogP contribution is -2.48. The molecule has 1 atom stereocenters. The predicted octanol–water partition coefficient (Wildman–Crippen LogP) is 1.90. The lowest BCUT2D eigenvalue weighted by molar-refractivity contribution is -0.128. The lowest BCUT2D eigenvalue weighted by atomic mass is 9.75. The first kappa shape index (κ1) is 21.2. The van der Waals surface area contributed by atoms with E-state index in [9.17, 15) is 23.6 Å². The number of ether oxygens (including phenoxy) is 1. The number of H-pyrrole nitrogens is 1. The second kappa shape index (κ2) is 8.10. The van der Waals surface area contributed by atoms with Gasteiger partial charge in [-0.3, -0.25) is 30.0 Å². The largest absolute Gasteiger partial charge is 0.481 e. The van der Waals surface area contributed by atoms with E-state index in [1.807, 2.05) is 13.8 Å². The second-order valence-electron chi connectivity index (χ2n) is 8.00. The van der Waals surface area contributed by atoms with Crippen molar-refractivity contribution >= 4 is 17.6 Å². The minimum absolute atomic E-state index is 0.156. The van der Waals surface area contributed by atoms with Gasteiger partial charge < -0.3 is 9.72 Å². The minimum Gasteiger partial charge on any atom is -0.481 e. The molecule has 0 saturated heterocycles. The summed E-state index contributed by atoms with van der Waals surface area (Å²) in [5.74, 6) is -1.86. The monoisotopic (exact) mass is 415 g/mol. The van der Waals surface area contributed by atoms with Crippen LogP contribution in [0.15, 0.2) is 35.1 Å².